The molecule has 3 rings (SSSR count). The summed E-state index contributed by atoms with van der Waals surface area (Å²) < 4.78 is 0. The molecule has 0 unspecified atom stereocenters. The Hall–Kier alpha value is -1.89. The lowest BCUT2D eigenvalue weighted by molar-refractivity contribution is 1.13. The van der Waals surface area contributed by atoms with Crippen LogP contribution >= 0.6 is 0 Å². The maximum absolute atomic E-state index is 4.38. The van der Waals surface area contributed by atoms with Crippen LogP contribution in [-0.2, 0) is 6.42 Å². The molecular weight excluding hydrogens is 182 g/mol. The van der Waals surface area contributed by atoms with E-state index < -0.39 is 0 Å². The fourth-order valence-electron chi connectivity index (χ4n) is 1.98. The molecule has 0 fully saturated rings. The molecule has 0 atom stereocenters. The summed E-state index contributed by atoms with van der Waals surface area (Å²) >= 11 is 0. The summed E-state index contributed by atoms with van der Waals surface area (Å²) in [6.07, 6.45) is 7.07. The smallest absolute Gasteiger partial charge is 0.0665 e. The molecule has 0 spiro atoms. The van der Waals surface area contributed by atoms with Crippen LogP contribution in [0.1, 0.15) is 22.4 Å². The molecular formula is C14H11N. The molecule has 0 saturated heterocycles. The van der Waals surface area contributed by atoms with Crippen LogP contribution in [0.2, 0.25) is 0 Å². The van der Waals surface area contributed by atoms with Crippen molar-refractivity contribution >= 4 is 12.2 Å². The zero-order chi connectivity index (χ0) is 10.1. The molecule has 0 amide bonds. The van der Waals surface area contributed by atoms with Crippen LogP contribution in [0.25, 0.3) is 12.2 Å². The number of hydrogen-bond acceptors (Lipinski definition) is 1. The van der Waals surface area contributed by atoms with E-state index in [1.807, 2.05) is 12.3 Å². The van der Waals surface area contributed by atoms with Crippen molar-refractivity contribution in [2.24, 2.45) is 0 Å². The number of nitrogens with zero attached hydrogens (tertiary/aromatic N) is 1. The molecule has 0 aliphatic heterocycles. The molecule has 0 N–H and O–H groups in total. The van der Waals surface area contributed by atoms with Crippen molar-refractivity contribution in [1.82, 2.24) is 4.98 Å². The molecule has 1 aliphatic carbocycles. The van der Waals surface area contributed by atoms with E-state index in [-0.39, 0.29) is 0 Å². The molecule has 2 aromatic rings. The topological polar surface area (TPSA) is 12.9 Å². The Balaban J connectivity index is 2.19. The van der Waals surface area contributed by atoms with Crippen LogP contribution in [0.3, 0.4) is 0 Å². The quantitative estimate of drug-likeness (QED) is 0.534. The van der Waals surface area contributed by atoms with Gasteiger partial charge in [0.2, 0.25) is 0 Å². The highest BCUT2D eigenvalue weighted by Gasteiger charge is 2.08. The average Bonchev–Trinajstić information content (AvgIpc) is 2.48. The molecule has 0 bridgehead atoms. The third kappa shape index (κ3) is 1.46. The van der Waals surface area contributed by atoms with E-state index in [4.69, 9.17) is 0 Å². The highest BCUT2D eigenvalue weighted by molar-refractivity contribution is 5.73. The first-order chi connectivity index (χ1) is 7.43. The minimum atomic E-state index is 0.979. The van der Waals surface area contributed by atoms with Gasteiger partial charge >= 0.3 is 0 Å². The van der Waals surface area contributed by atoms with Gasteiger partial charge in [-0.3, -0.25) is 4.98 Å². The molecule has 15 heavy (non-hydrogen) atoms. The molecule has 0 saturated carbocycles. The van der Waals surface area contributed by atoms with Crippen LogP contribution in [0, 0.1) is 0 Å². The van der Waals surface area contributed by atoms with E-state index in [9.17, 15) is 0 Å². The Morgan fingerprint density at radius 2 is 1.73 bits per heavy atom. The molecule has 0 radical (unpaired) electrons. The predicted octanol–water partition coefficient (Wildman–Crippen LogP) is 3.16. The maximum Gasteiger partial charge on any atom is 0.0665 e. The van der Waals surface area contributed by atoms with Crippen molar-refractivity contribution in [3.05, 3.63) is 65.0 Å². The third-order valence-electron chi connectivity index (χ3n) is 2.78. The van der Waals surface area contributed by atoms with Crippen molar-refractivity contribution in [2.45, 2.75) is 6.42 Å². The van der Waals surface area contributed by atoms with E-state index in [1.54, 1.807) is 0 Å². The number of benzene rings is 1. The van der Waals surface area contributed by atoms with Crippen LogP contribution in [0.5, 0.6) is 0 Å². The van der Waals surface area contributed by atoms with Gasteiger partial charge in [-0.2, -0.15) is 0 Å². The SMILES string of the molecule is C1=Cc2ncccc2Cc2ccccc21. The van der Waals surface area contributed by atoms with Gasteiger partial charge in [-0.15, -0.1) is 0 Å². The fourth-order valence-corrected chi connectivity index (χ4v) is 1.98. The Morgan fingerprint density at radius 1 is 0.867 bits per heavy atom. The molecule has 1 heteroatoms. The monoisotopic (exact) mass is 193 g/mol. The highest BCUT2D eigenvalue weighted by Crippen LogP contribution is 2.22. The van der Waals surface area contributed by atoms with Crippen molar-refractivity contribution in [3.8, 4) is 0 Å². The van der Waals surface area contributed by atoms with Crippen molar-refractivity contribution in [2.75, 3.05) is 0 Å². The lowest BCUT2D eigenvalue weighted by Gasteiger charge is -2.04. The summed E-state index contributed by atoms with van der Waals surface area (Å²) in [5, 5.41) is 0. The first kappa shape index (κ1) is 8.42. The van der Waals surface area contributed by atoms with Crippen LogP contribution < -0.4 is 0 Å². The standard InChI is InChI=1S/C14H11N/c1-2-5-12-10-13-6-3-9-15-14(13)8-7-11(12)4-1/h1-9H,10H2. The van der Waals surface area contributed by atoms with Crippen molar-refractivity contribution < 1.29 is 0 Å². The molecule has 1 nitrogen and oxygen atoms in total. The lowest BCUT2D eigenvalue weighted by Crippen LogP contribution is -1.92. The summed E-state index contributed by atoms with van der Waals surface area (Å²) in [5.41, 5.74) is 5.07. The minimum Gasteiger partial charge on any atom is -0.257 e. The largest absolute Gasteiger partial charge is 0.257 e. The molecule has 1 aromatic carbocycles. The van der Waals surface area contributed by atoms with Crippen LogP contribution in [0.15, 0.2) is 42.6 Å². The summed E-state index contributed by atoms with van der Waals surface area (Å²) in [6, 6.07) is 12.6. The van der Waals surface area contributed by atoms with Gasteiger partial charge in [0, 0.05) is 12.6 Å². The summed E-state index contributed by atoms with van der Waals surface area (Å²) in [5.74, 6) is 0. The third-order valence-corrected chi connectivity index (χ3v) is 2.78. The second-order valence-electron chi connectivity index (χ2n) is 3.76. The van der Waals surface area contributed by atoms with E-state index in [0.717, 1.165) is 12.1 Å². The zero-order valence-corrected chi connectivity index (χ0v) is 8.35. The second-order valence-corrected chi connectivity index (χ2v) is 3.76. The van der Waals surface area contributed by atoms with Gasteiger partial charge in [0.25, 0.3) is 0 Å². The summed E-state index contributed by atoms with van der Waals surface area (Å²) in [7, 11) is 0. The van der Waals surface area contributed by atoms with Crippen molar-refractivity contribution in [3.63, 3.8) is 0 Å². The van der Waals surface area contributed by atoms with Gasteiger partial charge in [0.05, 0.1) is 5.69 Å². The fraction of sp³-hybridized carbons (Fsp3) is 0.0714. The number of hydrogen-bond donors (Lipinski definition) is 0. The van der Waals surface area contributed by atoms with Gasteiger partial charge in [-0.05, 0) is 28.8 Å². The van der Waals surface area contributed by atoms with Gasteiger partial charge in [0.15, 0.2) is 0 Å². The van der Waals surface area contributed by atoms with E-state index >= 15 is 0 Å². The summed E-state index contributed by atoms with van der Waals surface area (Å²) in [4.78, 5) is 4.38. The normalized spacial score (nSPS) is 12.8. The Bertz CT molecular complexity index is 479. The number of rotatable bonds is 0. The van der Waals surface area contributed by atoms with E-state index in [1.165, 1.54) is 16.7 Å². The van der Waals surface area contributed by atoms with E-state index in [0.29, 0.717) is 0 Å². The van der Waals surface area contributed by atoms with Crippen molar-refractivity contribution in [1.29, 1.82) is 0 Å². The highest BCUT2D eigenvalue weighted by atomic mass is 14.7. The lowest BCUT2D eigenvalue weighted by atomic mass is 10.0. The second kappa shape index (κ2) is 3.35. The average molecular weight is 193 g/mol. The molecule has 72 valence electrons. The Labute approximate surface area is 89.1 Å². The van der Waals surface area contributed by atoms with Gasteiger partial charge in [0.1, 0.15) is 0 Å². The Morgan fingerprint density at radius 3 is 2.73 bits per heavy atom. The van der Waals surface area contributed by atoms with Crippen LogP contribution in [-0.4, -0.2) is 4.98 Å². The molecule has 1 aromatic heterocycles. The van der Waals surface area contributed by atoms with Gasteiger partial charge < -0.3 is 0 Å². The minimum absolute atomic E-state index is 0.979. The molecule has 1 heterocycles. The maximum atomic E-state index is 4.38. The van der Waals surface area contributed by atoms with Gasteiger partial charge in [-0.25, -0.2) is 0 Å². The van der Waals surface area contributed by atoms with Gasteiger partial charge in [-0.1, -0.05) is 36.4 Å². The zero-order valence-electron chi connectivity index (χ0n) is 8.35. The first-order valence-corrected chi connectivity index (χ1v) is 5.13. The Kier molecular flexibility index (Phi) is 1.88. The van der Waals surface area contributed by atoms with E-state index in [2.05, 4.69) is 47.5 Å². The van der Waals surface area contributed by atoms with Crippen LogP contribution in [0.4, 0.5) is 0 Å². The number of pyridine rings is 1. The number of fused-ring (bicyclic) bond motifs is 2. The first-order valence-electron chi connectivity index (χ1n) is 5.13. The molecule has 1 aliphatic rings. The predicted molar refractivity (Wildman–Crippen MR) is 62.4 cm³/mol. The number of aromatic nitrogens is 1. The summed E-state index contributed by atoms with van der Waals surface area (Å²) in [6.45, 7) is 0.